The normalized spacial score (nSPS) is 20.4. The maximum atomic E-state index is 3.03. The highest BCUT2D eigenvalue weighted by atomic mass is 28.3. The highest BCUT2D eigenvalue weighted by molar-refractivity contribution is 6.98. The fourth-order valence-electron chi connectivity index (χ4n) is 28.1. The molecule has 0 saturated heterocycles. The van der Waals surface area contributed by atoms with Crippen LogP contribution in [0, 0.1) is 0 Å². The molecule has 7 aromatic carbocycles. The van der Waals surface area contributed by atoms with E-state index >= 15 is 0 Å². The lowest BCUT2D eigenvalue weighted by Crippen LogP contribution is -2.55. The van der Waals surface area contributed by atoms with Crippen LogP contribution in [0.3, 0.4) is 0 Å². The van der Waals surface area contributed by atoms with Crippen LogP contribution in [0.2, 0.25) is 27.7 Å². The smallest absolute Gasteiger partial charge is 0.0654 e. The van der Waals surface area contributed by atoms with E-state index in [1.807, 2.05) is 0 Å². The van der Waals surface area contributed by atoms with Crippen LogP contribution in [0.4, 0.5) is 0 Å². The van der Waals surface area contributed by atoms with Gasteiger partial charge in [0.15, 0.2) is 0 Å². The zero-order chi connectivity index (χ0) is 74.9. The van der Waals surface area contributed by atoms with Gasteiger partial charge in [-0.25, -0.2) is 0 Å². The SMILES string of the molecule is CCCCC1(CCCC)CC(C)(C)c2c1cc1c(c2-c2cc3c([Si](C(C)C)(C(C)C)C(C)C)ccc4c5cc(-c6c7c(cc8c6C(C)(C)CC8(CCCC)CCCC)C(CCCC)(CCCC)CC7(C)C)c6c7c(ccc(c(c2)c34)c75)[Si](C(C)C)(C(C)C)C6C)C(C)(C)CC1(CCCC)CCCC. The van der Waals surface area contributed by atoms with Gasteiger partial charge in [-0.2, -0.15) is 0 Å². The van der Waals surface area contributed by atoms with Gasteiger partial charge in [-0.3, -0.25) is 0 Å². The molecule has 0 fully saturated rings. The summed E-state index contributed by atoms with van der Waals surface area (Å²) in [5.41, 5.74) is 26.7. The molecule has 1 aliphatic heterocycles. The van der Waals surface area contributed by atoms with E-state index in [1.54, 1.807) is 115 Å². The average molecular weight is 1420 g/mol. The number of benzene rings is 7. The topological polar surface area (TPSA) is 0 Å². The lowest BCUT2D eigenvalue weighted by Gasteiger charge is -2.44. The summed E-state index contributed by atoms with van der Waals surface area (Å²) in [5, 5.41) is 16.2. The fourth-order valence-corrected chi connectivity index (χ4v) is 41.9. The molecule has 7 aromatic rings. The molecule has 0 N–H and O–H groups in total. The number of hydrogen-bond acceptors (Lipinski definition) is 0. The maximum absolute atomic E-state index is 3.03. The zero-order valence-corrected chi connectivity index (χ0v) is 74.0. The van der Waals surface area contributed by atoms with Crippen molar-refractivity contribution in [3.05, 3.63) is 105 Å². The summed E-state index contributed by atoms with van der Waals surface area (Å²) in [4.78, 5) is 0. The van der Waals surface area contributed by atoms with E-state index in [0.717, 1.165) is 0 Å². The Morgan fingerprint density at radius 3 is 1.00 bits per heavy atom. The van der Waals surface area contributed by atoms with Gasteiger partial charge in [0.1, 0.15) is 0 Å². The van der Waals surface area contributed by atoms with Gasteiger partial charge in [-0.1, -0.05) is 336 Å². The van der Waals surface area contributed by atoms with Crippen LogP contribution in [0.1, 0.15) is 422 Å². The Bertz CT molecular complexity index is 4060. The minimum Gasteiger partial charge on any atom is -0.0654 e. The van der Waals surface area contributed by atoms with E-state index in [4.69, 9.17) is 0 Å². The number of unbranched alkanes of at least 4 members (excludes halogenated alkanes) is 8. The summed E-state index contributed by atoms with van der Waals surface area (Å²) >= 11 is 0. The molecule has 12 rings (SSSR count). The lowest BCUT2D eigenvalue weighted by atomic mass is 9.69. The van der Waals surface area contributed by atoms with Crippen molar-refractivity contribution in [1.82, 2.24) is 0 Å². The fraction of sp³-hybridized carbons (Fsp3) is 0.683. The van der Waals surface area contributed by atoms with Crippen molar-refractivity contribution < 1.29 is 0 Å². The molecular formula is C101H152Si2. The minimum atomic E-state index is -2.35. The minimum absolute atomic E-state index is 0.0139. The van der Waals surface area contributed by atoms with E-state index in [1.165, 1.54) is 191 Å². The van der Waals surface area contributed by atoms with E-state index in [-0.39, 0.29) is 43.3 Å². The Labute approximate surface area is 635 Å². The molecule has 0 nitrogen and oxygen atoms in total. The third kappa shape index (κ3) is 11.8. The van der Waals surface area contributed by atoms with Crippen LogP contribution >= 0.6 is 0 Å². The molecule has 2 heteroatoms. The molecule has 1 atom stereocenters. The monoisotopic (exact) mass is 1420 g/mol. The second kappa shape index (κ2) is 28.6. The molecule has 0 spiro atoms. The van der Waals surface area contributed by atoms with Crippen molar-refractivity contribution in [1.29, 1.82) is 0 Å². The lowest BCUT2D eigenvalue weighted by molar-refractivity contribution is 0.287. The first kappa shape index (κ1) is 78.8. The van der Waals surface area contributed by atoms with Gasteiger partial charge in [-0.15, -0.1) is 0 Å². The highest BCUT2D eigenvalue weighted by Crippen LogP contribution is 2.69. The molecule has 0 amide bonds. The summed E-state index contributed by atoms with van der Waals surface area (Å²) in [5.74, 6) is 0. The molecule has 0 radical (unpaired) electrons. The van der Waals surface area contributed by atoms with Gasteiger partial charge < -0.3 is 0 Å². The van der Waals surface area contributed by atoms with Crippen molar-refractivity contribution in [3.63, 3.8) is 0 Å². The van der Waals surface area contributed by atoms with E-state index in [9.17, 15) is 0 Å². The average Bonchev–Trinajstić information content (AvgIpc) is 1.56. The summed E-state index contributed by atoms with van der Waals surface area (Å²) in [7, 11) is -4.68. The van der Waals surface area contributed by atoms with Crippen LogP contribution in [-0.4, -0.2) is 16.1 Å². The third-order valence-corrected chi connectivity index (χ3v) is 45.3. The molecule has 0 bridgehead atoms. The Kier molecular flexibility index (Phi) is 21.9. The number of fused-ring (bicyclic) bond motifs is 6. The first-order valence-electron chi connectivity index (χ1n) is 44.4. The largest absolute Gasteiger partial charge is 0.0996 e. The van der Waals surface area contributed by atoms with Gasteiger partial charge >= 0.3 is 0 Å². The van der Waals surface area contributed by atoms with Crippen LogP contribution in [0.25, 0.3) is 65.3 Å². The summed E-state index contributed by atoms with van der Waals surface area (Å²) in [6.45, 7) is 71.2. The van der Waals surface area contributed by atoms with Gasteiger partial charge in [0.2, 0.25) is 0 Å². The van der Waals surface area contributed by atoms with E-state index in [0.29, 0.717) is 33.2 Å². The molecule has 564 valence electrons. The molecule has 5 aliphatic rings. The maximum Gasteiger partial charge on any atom is 0.0996 e. The molecular weight excluding hydrogens is 1270 g/mol. The van der Waals surface area contributed by atoms with Crippen LogP contribution < -0.4 is 10.4 Å². The Morgan fingerprint density at radius 2 is 0.670 bits per heavy atom. The van der Waals surface area contributed by atoms with Crippen molar-refractivity contribution >= 4 is 69.6 Å². The van der Waals surface area contributed by atoms with Crippen molar-refractivity contribution in [3.8, 4) is 22.3 Å². The molecule has 1 unspecified atom stereocenters. The Hall–Kier alpha value is -3.73. The molecule has 4 aliphatic carbocycles. The second-order valence-corrected chi connectivity index (χ2v) is 52.6. The van der Waals surface area contributed by atoms with Gasteiger partial charge in [0, 0.05) is 0 Å². The standard InChI is InChI=1S/C101H152Si2/c1-28-36-48-98(49-37-29-2)61-94(20,21)90-78(98)59-79-91(95(22,23)62-99(79,50-38-30-3)51-39-31-4)85(90)71-56-74-73-45-47-83-89-84(70(19)103(83,68(15)16)69(17)18)77(58-75(87(73)89)72-44-46-82(76(57-71)86(72)74)102(65(9)10,66(11)12)67(13)14)88-92-80(100(52-40-32-5,53-41-33-6)63-96(92,24)25)60-81-93(88)97(26,27)64-101(81,54-42-34-7)55-43-35-8/h44-47,56-60,65-70H,28-43,48-55,61-64H2,1-27H3. The first-order valence-corrected chi connectivity index (χ1v) is 48.9. The first-order chi connectivity index (χ1) is 48.7. The number of rotatable bonds is 32. The number of hydrogen-bond donors (Lipinski definition) is 0. The van der Waals surface area contributed by atoms with Gasteiger partial charge in [0.25, 0.3) is 0 Å². The quantitative estimate of drug-likeness (QED) is 0.0224. The Morgan fingerprint density at radius 1 is 0.359 bits per heavy atom. The van der Waals surface area contributed by atoms with Crippen molar-refractivity contribution in [2.75, 3.05) is 0 Å². The Balaban J connectivity index is 1.35. The van der Waals surface area contributed by atoms with Crippen molar-refractivity contribution in [2.24, 2.45) is 0 Å². The molecule has 0 saturated carbocycles. The second-order valence-electron chi connectivity index (χ2n) is 41.2. The third-order valence-electron chi connectivity index (χ3n) is 31.3. The predicted molar refractivity (Wildman–Crippen MR) is 467 cm³/mol. The summed E-state index contributed by atoms with van der Waals surface area (Å²) < 4.78 is 0. The van der Waals surface area contributed by atoms with Gasteiger partial charge in [0.05, 0.1) is 16.1 Å². The zero-order valence-electron chi connectivity index (χ0n) is 72.0. The molecule has 0 aromatic heterocycles. The van der Waals surface area contributed by atoms with Gasteiger partial charge in [-0.05, 0) is 287 Å². The van der Waals surface area contributed by atoms with Crippen LogP contribution in [0.5, 0.6) is 0 Å². The molecule has 1 heterocycles. The van der Waals surface area contributed by atoms with Crippen LogP contribution in [-0.2, 0) is 43.3 Å². The van der Waals surface area contributed by atoms with Crippen LogP contribution in [0.15, 0.2) is 54.6 Å². The van der Waals surface area contributed by atoms with E-state index in [2.05, 4.69) is 242 Å². The summed E-state index contributed by atoms with van der Waals surface area (Å²) in [6.07, 6.45) is 36.1. The summed E-state index contributed by atoms with van der Waals surface area (Å²) in [6, 6.07) is 26.2. The predicted octanol–water partition coefficient (Wildman–Crippen LogP) is 31.3. The van der Waals surface area contributed by atoms with Crippen molar-refractivity contribution in [2.45, 2.75) is 443 Å². The molecule has 103 heavy (non-hydrogen) atoms. The highest BCUT2D eigenvalue weighted by Gasteiger charge is 2.60. The van der Waals surface area contributed by atoms with E-state index < -0.39 is 16.1 Å².